The lowest BCUT2D eigenvalue weighted by atomic mass is 10.3. The number of hydrogen-bond acceptors (Lipinski definition) is 4. The van der Waals surface area contributed by atoms with Gasteiger partial charge in [0.2, 0.25) is 0 Å². The molecule has 5 heteroatoms. The Morgan fingerprint density at radius 2 is 2.05 bits per heavy atom. The molecule has 1 aromatic carbocycles. The van der Waals surface area contributed by atoms with E-state index < -0.39 is 0 Å². The van der Waals surface area contributed by atoms with E-state index in [4.69, 9.17) is 10.5 Å². The van der Waals surface area contributed by atoms with E-state index in [1.165, 1.54) is 6.20 Å². The number of benzene rings is 1. The van der Waals surface area contributed by atoms with E-state index in [2.05, 4.69) is 10.3 Å². The van der Waals surface area contributed by atoms with Crippen molar-refractivity contribution in [2.75, 3.05) is 18.9 Å². The number of nitrogens with zero attached hydrogens (tertiary/aromatic N) is 1. The Balaban J connectivity index is 1.72. The number of ether oxygens (including phenoxy) is 1. The highest BCUT2D eigenvalue weighted by Gasteiger charge is 2.03. The lowest BCUT2D eigenvalue weighted by Gasteiger charge is -2.07. The van der Waals surface area contributed by atoms with Crippen molar-refractivity contribution in [3.63, 3.8) is 0 Å². The number of anilines is 1. The highest BCUT2D eigenvalue weighted by molar-refractivity contribution is 5.93. The lowest BCUT2D eigenvalue weighted by molar-refractivity contribution is 0.0946. The van der Waals surface area contributed by atoms with Crippen LogP contribution in [0.5, 0.6) is 5.75 Å². The molecular weight excluding hydrogens is 242 g/mol. The molecule has 3 N–H and O–H groups in total. The van der Waals surface area contributed by atoms with Crippen molar-refractivity contribution in [1.82, 2.24) is 10.3 Å². The van der Waals surface area contributed by atoms with Gasteiger partial charge in [0.25, 0.3) is 5.91 Å². The zero-order valence-corrected chi connectivity index (χ0v) is 10.4. The first kappa shape index (κ1) is 12.9. The average Bonchev–Trinajstić information content (AvgIpc) is 2.46. The van der Waals surface area contributed by atoms with Gasteiger partial charge in [-0.1, -0.05) is 0 Å². The van der Waals surface area contributed by atoms with Crippen molar-refractivity contribution < 1.29 is 9.53 Å². The summed E-state index contributed by atoms with van der Waals surface area (Å²) in [6, 6.07) is 10.5. The summed E-state index contributed by atoms with van der Waals surface area (Å²) in [5, 5.41) is 2.75. The second kappa shape index (κ2) is 6.39. The van der Waals surface area contributed by atoms with Crippen LogP contribution in [0.25, 0.3) is 0 Å². The molecule has 0 fully saturated rings. The number of carbonyl (C=O) groups is 1. The molecular formula is C14H15N3O2. The number of carbonyl (C=O) groups excluding carboxylic acids is 1. The van der Waals surface area contributed by atoms with Gasteiger partial charge in [0, 0.05) is 18.1 Å². The number of rotatable bonds is 5. The molecule has 0 saturated carbocycles. The van der Waals surface area contributed by atoms with Gasteiger partial charge in [-0.05, 0) is 36.4 Å². The summed E-state index contributed by atoms with van der Waals surface area (Å²) in [6.45, 7) is 0.827. The third-order valence-corrected chi connectivity index (χ3v) is 2.46. The minimum atomic E-state index is -0.158. The predicted molar refractivity (Wildman–Crippen MR) is 72.9 cm³/mol. The quantitative estimate of drug-likeness (QED) is 0.628. The first-order valence-corrected chi connectivity index (χ1v) is 5.92. The maximum atomic E-state index is 11.7. The summed E-state index contributed by atoms with van der Waals surface area (Å²) in [7, 11) is 0. The van der Waals surface area contributed by atoms with E-state index in [0.717, 1.165) is 5.75 Å². The molecule has 98 valence electrons. The minimum Gasteiger partial charge on any atom is -0.492 e. The number of amides is 1. The summed E-state index contributed by atoms with van der Waals surface area (Å²) < 4.78 is 5.46. The standard InChI is InChI=1S/C14H15N3O2/c15-12-3-5-13(6-4-12)19-9-8-17-14(18)11-2-1-7-16-10-11/h1-7,10H,8-9,15H2,(H,17,18). The minimum absolute atomic E-state index is 0.158. The van der Waals surface area contributed by atoms with Crippen LogP contribution in [0.3, 0.4) is 0 Å². The van der Waals surface area contributed by atoms with Crippen molar-refractivity contribution in [3.8, 4) is 5.75 Å². The third kappa shape index (κ3) is 3.99. The molecule has 1 amide bonds. The van der Waals surface area contributed by atoms with Crippen LogP contribution in [0.4, 0.5) is 5.69 Å². The normalized spacial score (nSPS) is 9.89. The maximum absolute atomic E-state index is 11.7. The van der Waals surface area contributed by atoms with Crippen LogP contribution in [0.1, 0.15) is 10.4 Å². The first-order chi connectivity index (χ1) is 9.25. The van der Waals surface area contributed by atoms with Crippen LogP contribution in [0, 0.1) is 0 Å². The van der Waals surface area contributed by atoms with E-state index in [0.29, 0.717) is 24.4 Å². The highest BCUT2D eigenvalue weighted by atomic mass is 16.5. The smallest absolute Gasteiger partial charge is 0.252 e. The van der Waals surface area contributed by atoms with Crippen LogP contribution in [-0.2, 0) is 0 Å². The zero-order chi connectivity index (χ0) is 13.5. The topological polar surface area (TPSA) is 77.2 Å². The van der Waals surface area contributed by atoms with Gasteiger partial charge in [0.05, 0.1) is 12.1 Å². The van der Waals surface area contributed by atoms with Crippen molar-refractivity contribution in [3.05, 3.63) is 54.4 Å². The van der Waals surface area contributed by atoms with Gasteiger partial charge >= 0.3 is 0 Å². The molecule has 0 unspecified atom stereocenters. The Hall–Kier alpha value is -2.56. The van der Waals surface area contributed by atoms with Gasteiger partial charge in [-0.15, -0.1) is 0 Å². The molecule has 0 aliphatic carbocycles. The summed E-state index contributed by atoms with van der Waals surface area (Å²) in [5.41, 5.74) is 6.80. The van der Waals surface area contributed by atoms with Gasteiger partial charge in [-0.3, -0.25) is 9.78 Å². The fourth-order valence-electron chi connectivity index (χ4n) is 1.50. The van der Waals surface area contributed by atoms with Gasteiger partial charge in [-0.25, -0.2) is 0 Å². The molecule has 0 atom stereocenters. The monoisotopic (exact) mass is 257 g/mol. The van der Waals surface area contributed by atoms with E-state index in [1.807, 2.05) is 0 Å². The lowest BCUT2D eigenvalue weighted by Crippen LogP contribution is -2.28. The Morgan fingerprint density at radius 1 is 1.26 bits per heavy atom. The van der Waals surface area contributed by atoms with Crippen molar-refractivity contribution in [1.29, 1.82) is 0 Å². The molecule has 2 aromatic rings. The van der Waals surface area contributed by atoms with Crippen LogP contribution in [0.2, 0.25) is 0 Å². The molecule has 0 bridgehead atoms. The fourth-order valence-corrected chi connectivity index (χ4v) is 1.50. The van der Waals surface area contributed by atoms with Crippen LogP contribution in [0.15, 0.2) is 48.8 Å². The zero-order valence-electron chi connectivity index (χ0n) is 10.4. The molecule has 0 aliphatic heterocycles. The summed E-state index contributed by atoms with van der Waals surface area (Å²) in [6.07, 6.45) is 3.15. The predicted octanol–water partition coefficient (Wildman–Crippen LogP) is 1.47. The molecule has 2 rings (SSSR count). The fraction of sp³-hybridized carbons (Fsp3) is 0.143. The van der Waals surface area contributed by atoms with Crippen molar-refractivity contribution in [2.45, 2.75) is 0 Å². The van der Waals surface area contributed by atoms with Gasteiger partial charge in [0.15, 0.2) is 0 Å². The van der Waals surface area contributed by atoms with E-state index in [1.54, 1.807) is 42.6 Å². The van der Waals surface area contributed by atoms with E-state index >= 15 is 0 Å². The molecule has 1 aromatic heterocycles. The molecule has 0 radical (unpaired) electrons. The second-order valence-electron chi connectivity index (χ2n) is 3.92. The SMILES string of the molecule is Nc1ccc(OCCNC(=O)c2cccnc2)cc1. The van der Waals surface area contributed by atoms with Crippen LogP contribution < -0.4 is 15.8 Å². The van der Waals surface area contributed by atoms with E-state index in [9.17, 15) is 4.79 Å². The number of nitrogens with two attached hydrogens (primary N) is 1. The summed E-state index contributed by atoms with van der Waals surface area (Å²) in [5.74, 6) is 0.568. The first-order valence-electron chi connectivity index (χ1n) is 5.92. The van der Waals surface area contributed by atoms with Gasteiger partial charge in [-0.2, -0.15) is 0 Å². The Bertz CT molecular complexity index is 526. The molecule has 0 spiro atoms. The molecule has 5 nitrogen and oxygen atoms in total. The largest absolute Gasteiger partial charge is 0.492 e. The molecule has 19 heavy (non-hydrogen) atoms. The third-order valence-electron chi connectivity index (χ3n) is 2.46. The maximum Gasteiger partial charge on any atom is 0.252 e. The molecule has 1 heterocycles. The Labute approximate surface area is 111 Å². The number of nitrogens with one attached hydrogen (secondary N) is 1. The van der Waals surface area contributed by atoms with Gasteiger partial charge in [0.1, 0.15) is 12.4 Å². The number of aromatic nitrogens is 1. The number of hydrogen-bond donors (Lipinski definition) is 2. The summed E-state index contributed by atoms with van der Waals surface area (Å²) in [4.78, 5) is 15.6. The number of nitrogen functional groups attached to an aromatic ring is 1. The molecule has 0 saturated heterocycles. The summed E-state index contributed by atoms with van der Waals surface area (Å²) >= 11 is 0. The van der Waals surface area contributed by atoms with Crippen molar-refractivity contribution in [2.24, 2.45) is 0 Å². The molecule has 0 aliphatic rings. The second-order valence-corrected chi connectivity index (χ2v) is 3.92. The van der Waals surface area contributed by atoms with E-state index in [-0.39, 0.29) is 5.91 Å². The number of pyridine rings is 1. The van der Waals surface area contributed by atoms with Gasteiger partial charge < -0.3 is 15.8 Å². The van der Waals surface area contributed by atoms with Crippen LogP contribution in [-0.4, -0.2) is 24.0 Å². The Morgan fingerprint density at radius 3 is 2.74 bits per heavy atom. The van der Waals surface area contributed by atoms with Crippen LogP contribution >= 0.6 is 0 Å². The highest BCUT2D eigenvalue weighted by Crippen LogP contribution is 2.12. The Kier molecular flexibility index (Phi) is 4.34. The average molecular weight is 257 g/mol. The van der Waals surface area contributed by atoms with Crippen molar-refractivity contribution >= 4 is 11.6 Å².